The molecule has 3 saturated carbocycles. The van der Waals surface area contributed by atoms with Crippen LogP contribution in [0.15, 0.2) is 6.07 Å². The monoisotopic (exact) mass is 621 g/mol. The standard InChI is InChI=1S/C31H38F3N3O7/c1-37(2)24-18-11-15-10-17-21(25(39)20(15)27(41)30(18,44)28(42)22(26(24)40)29(35)43)19(38)12-16(23(17)31(32,33)34)13-36-9-8-14-6-4-3-5-7-14/h12,14-15,18,20,22,24,36,38,44H,3-11,13H2,1-2H3,(H2,35,43)/t15-,18-,20?,22?,24-,30-/m0/s1. The number of aromatic hydroxyl groups is 1. The molecule has 6 atom stereocenters. The van der Waals surface area contributed by atoms with Crippen LogP contribution in [-0.2, 0) is 38.3 Å². The van der Waals surface area contributed by atoms with Crippen LogP contribution in [0.5, 0.6) is 5.75 Å². The van der Waals surface area contributed by atoms with Gasteiger partial charge in [-0.25, -0.2) is 0 Å². The summed E-state index contributed by atoms with van der Waals surface area (Å²) in [6.45, 7) is 0.282. The molecule has 3 fully saturated rings. The van der Waals surface area contributed by atoms with Crippen LogP contribution in [0.25, 0.3) is 0 Å². The second kappa shape index (κ2) is 11.6. The molecule has 0 spiro atoms. The molecule has 1 aromatic carbocycles. The predicted octanol–water partition coefficient (Wildman–Crippen LogP) is 1.95. The zero-order chi connectivity index (χ0) is 32.3. The van der Waals surface area contributed by atoms with Gasteiger partial charge in [-0.05, 0) is 68.9 Å². The zero-order valence-corrected chi connectivity index (χ0v) is 24.7. The Bertz CT molecular complexity index is 1400. The highest BCUT2D eigenvalue weighted by Crippen LogP contribution is 2.52. The molecular formula is C31H38F3N3O7. The number of ketones is 4. The molecule has 1 aromatic rings. The molecule has 44 heavy (non-hydrogen) atoms. The summed E-state index contributed by atoms with van der Waals surface area (Å²) >= 11 is 0. The maximum atomic E-state index is 14.6. The lowest BCUT2D eigenvalue weighted by atomic mass is 9.52. The molecule has 5 N–H and O–H groups in total. The molecule has 240 valence electrons. The number of benzene rings is 1. The molecule has 1 amide bonds. The number of phenolic OH excluding ortho intramolecular Hbond substituents is 1. The number of hydrogen-bond acceptors (Lipinski definition) is 9. The summed E-state index contributed by atoms with van der Waals surface area (Å²) in [6.07, 6.45) is 0.777. The van der Waals surface area contributed by atoms with Crippen molar-refractivity contribution < 1.29 is 47.4 Å². The molecule has 0 heterocycles. The number of nitrogens with one attached hydrogen (secondary N) is 1. The summed E-state index contributed by atoms with van der Waals surface area (Å²) in [5, 5.41) is 25.5. The summed E-state index contributed by atoms with van der Waals surface area (Å²) in [7, 11) is 2.87. The number of nitrogens with zero attached hydrogens (tertiary/aromatic N) is 1. The number of nitrogens with two attached hydrogens (primary N) is 1. The van der Waals surface area contributed by atoms with Gasteiger partial charge in [-0.1, -0.05) is 32.1 Å². The average Bonchev–Trinajstić information content (AvgIpc) is 2.92. The highest BCUT2D eigenvalue weighted by atomic mass is 19.4. The molecule has 4 aliphatic carbocycles. The fraction of sp³-hybridized carbons (Fsp3) is 0.645. The normalized spacial score (nSPS) is 31.1. The fourth-order valence-electron chi connectivity index (χ4n) is 8.24. The lowest BCUT2D eigenvalue weighted by Gasteiger charge is -2.52. The van der Waals surface area contributed by atoms with Gasteiger partial charge in [-0.15, -0.1) is 0 Å². The van der Waals surface area contributed by atoms with Crippen molar-refractivity contribution in [3.05, 3.63) is 28.3 Å². The van der Waals surface area contributed by atoms with Gasteiger partial charge in [0.15, 0.2) is 34.7 Å². The second-order valence-corrected chi connectivity index (χ2v) is 13.0. The van der Waals surface area contributed by atoms with Crippen molar-refractivity contribution >= 4 is 29.0 Å². The lowest BCUT2D eigenvalue weighted by molar-refractivity contribution is -0.181. The molecule has 10 nitrogen and oxygen atoms in total. The van der Waals surface area contributed by atoms with Crippen LogP contribution in [0.3, 0.4) is 0 Å². The van der Waals surface area contributed by atoms with E-state index in [1.807, 2.05) is 0 Å². The van der Waals surface area contributed by atoms with E-state index >= 15 is 0 Å². The number of carbonyl (C=O) groups excluding carboxylic acids is 5. The van der Waals surface area contributed by atoms with E-state index in [0.29, 0.717) is 12.5 Å². The van der Waals surface area contributed by atoms with Gasteiger partial charge >= 0.3 is 6.18 Å². The molecule has 5 rings (SSSR count). The van der Waals surface area contributed by atoms with Crippen molar-refractivity contribution in [1.29, 1.82) is 0 Å². The van der Waals surface area contributed by atoms with Gasteiger partial charge in [0, 0.05) is 12.5 Å². The number of alkyl halides is 3. The van der Waals surface area contributed by atoms with E-state index in [2.05, 4.69) is 5.32 Å². The minimum Gasteiger partial charge on any atom is -0.507 e. The van der Waals surface area contributed by atoms with Crippen molar-refractivity contribution in [1.82, 2.24) is 10.2 Å². The summed E-state index contributed by atoms with van der Waals surface area (Å²) in [6, 6.07) is -0.458. The maximum absolute atomic E-state index is 14.6. The van der Waals surface area contributed by atoms with Gasteiger partial charge in [0.1, 0.15) is 5.75 Å². The van der Waals surface area contributed by atoms with E-state index in [9.17, 15) is 47.4 Å². The van der Waals surface area contributed by atoms with E-state index in [1.165, 1.54) is 25.4 Å². The van der Waals surface area contributed by atoms with E-state index in [1.54, 1.807) is 0 Å². The van der Waals surface area contributed by atoms with Crippen molar-refractivity contribution in [2.75, 3.05) is 20.6 Å². The third-order valence-corrected chi connectivity index (χ3v) is 10.2. The number of primary amides is 1. The number of carbonyl (C=O) groups is 5. The topological polar surface area (TPSA) is 167 Å². The van der Waals surface area contributed by atoms with Crippen LogP contribution in [0.2, 0.25) is 0 Å². The van der Waals surface area contributed by atoms with Gasteiger partial charge in [0.25, 0.3) is 0 Å². The quantitative estimate of drug-likeness (QED) is 0.263. The van der Waals surface area contributed by atoms with Crippen LogP contribution in [0.4, 0.5) is 13.2 Å². The first-order valence-electron chi connectivity index (χ1n) is 15.1. The molecule has 0 aliphatic heterocycles. The van der Waals surface area contributed by atoms with Crippen LogP contribution < -0.4 is 11.1 Å². The molecule has 4 aliphatic rings. The highest BCUT2D eigenvalue weighted by Gasteiger charge is 2.69. The van der Waals surface area contributed by atoms with Crippen molar-refractivity contribution in [2.24, 2.45) is 35.3 Å². The average molecular weight is 622 g/mol. The lowest BCUT2D eigenvalue weighted by Crippen LogP contribution is -2.74. The van der Waals surface area contributed by atoms with Gasteiger partial charge in [0.05, 0.1) is 23.1 Å². The summed E-state index contributed by atoms with van der Waals surface area (Å²) < 4.78 is 43.9. The molecule has 0 saturated heterocycles. The first-order chi connectivity index (χ1) is 20.6. The fourth-order valence-corrected chi connectivity index (χ4v) is 8.24. The Morgan fingerprint density at radius 1 is 1.11 bits per heavy atom. The third kappa shape index (κ3) is 5.16. The predicted molar refractivity (Wildman–Crippen MR) is 149 cm³/mol. The second-order valence-electron chi connectivity index (χ2n) is 13.0. The Hall–Kier alpha value is -3.16. The molecule has 2 unspecified atom stereocenters. The number of halogens is 3. The van der Waals surface area contributed by atoms with Crippen LogP contribution in [0.1, 0.15) is 72.0 Å². The molecule has 0 bridgehead atoms. The number of Topliss-reactive ketones (excluding diaryl/α,β-unsaturated/α-hetero) is 4. The van der Waals surface area contributed by atoms with Crippen LogP contribution in [0, 0.1) is 29.6 Å². The minimum atomic E-state index is -4.90. The number of fused-ring (bicyclic) bond motifs is 3. The molecular weight excluding hydrogens is 583 g/mol. The van der Waals surface area contributed by atoms with Crippen LogP contribution >= 0.6 is 0 Å². The van der Waals surface area contributed by atoms with Gasteiger partial charge in [0.2, 0.25) is 5.91 Å². The number of amides is 1. The number of aliphatic hydroxyl groups is 1. The summed E-state index contributed by atoms with van der Waals surface area (Å²) in [5.41, 5.74) is -0.0649. The smallest absolute Gasteiger partial charge is 0.417 e. The van der Waals surface area contributed by atoms with E-state index in [-0.39, 0.29) is 18.5 Å². The summed E-state index contributed by atoms with van der Waals surface area (Å²) in [4.78, 5) is 67.6. The van der Waals surface area contributed by atoms with E-state index in [4.69, 9.17) is 5.73 Å². The Kier molecular flexibility index (Phi) is 8.53. The Morgan fingerprint density at radius 2 is 1.77 bits per heavy atom. The molecule has 0 aromatic heterocycles. The first kappa shape index (κ1) is 32.2. The minimum absolute atomic E-state index is 0.202. The zero-order valence-electron chi connectivity index (χ0n) is 24.7. The first-order valence-corrected chi connectivity index (χ1v) is 15.1. The third-order valence-electron chi connectivity index (χ3n) is 10.2. The molecule has 0 radical (unpaired) electrons. The van der Waals surface area contributed by atoms with Crippen LogP contribution in [-0.4, -0.2) is 76.4 Å². The SMILES string of the molecule is CN(C)[C@@H]1C(=O)C(C(N)=O)C(=O)[C@@]2(O)C(=O)C3C(=O)c4c(O)cc(CNCCC5CCCCC5)c(C(F)(F)F)c4C[C@H]3C[C@@H]12. The molecule has 13 heteroatoms. The Morgan fingerprint density at radius 3 is 2.36 bits per heavy atom. The number of rotatable bonds is 7. The van der Waals surface area contributed by atoms with Crippen molar-refractivity contribution in [3.8, 4) is 5.75 Å². The van der Waals surface area contributed by atoms with E-state index < -0.39 is 99.4 Å². The summed E-state index contributed by atoms with van der Waals surface area (Å²) in [5.74, 6) is -12.8. The number of hydrogen-bond donors (Lipinski definition) is 4. The maximum Gasteiger partial charge on any atom is 0.417 e. The number of phenols is 1. The van der Waals surface area contributed by atoms with E-state index in [0.717, 1.165) is 38.2 Å². The largest absolute Gasteiger partial charge is 0.507 e. The Labute approximate surface area is 252 Å². The Balaban J connectivity index is 1.52. The van der Waals surface area contributed by atoms with Gasteiger partial charge in [-0.2, -0.15) is 13.2 Å². The van der Waals surface area contributed by atoms with Gasteiger partial charge < -0.3 is 21.3 Å². The van der Waals surface area contributed by atoms with Gasteiger partial charge in [-0.3, -0.25) is 28.9 Å². The highest BCUT2D eigenvalue weighted by molar-refractivity contribution is 6.32. The number of likely N-dealkylation sites (N-methyl/N-ethyl adjacent to an activating group) is 1. The van der Waals surface area contributed by atoms with Crippen molar-refractivity contribution in [2.45, 2.75) is 75.7 Å². The van der Waals surface area contributed by atoms with Crippen molar-refractivity contribution in [3.63, 3.8) is 0 Å².